The van der Waals surface area contributed by atoms with Gasteiger partial charge in [-0.15, -0.1) is 0 Å². The normalized spacial score (nSPS) is 12.3. The number of anilines is 1. The van der Waals surface area contributed by atoms with Gasteiger partial charge in [0, 0.05) is 50.1 Å². The summed E-state index contributed by atoms with van der Waals surface area (Å²) >= 11 is 0. The standard InChI is InChI=1S/C22H24F3N7O/c1-4-6-16(13-30-21-28-11-15(12-29-21)22(23,24)25)32(3)20(33)18-17(8-7-14(2)31-18)19-26-9-5-10-27-19/h5,7-12,16H,4,6,13H2,1-3H3,(H,28,29,30)/t16-/m0/s1. The van der Waals surface area contributed by atoms with Gasteiger partial charge in [-0.1, -0.05) is 13.3 Å². The summed E-state index contributed by atoms with van der Waals surface area (Å²) in [6, 6.07) is 4.96. The molecule has 3 rings (SSSR count). The van der Waals surface area contributed by atoms with Gasteiger partial charge in [0.2, 0.25) is 5.95 Å². The third-order valence-electron chi connectivity index (χ3n) is 5.01. The molecule has 0 spiro atoms. The number of nitrogens with zero attached hydrogens (tertiary/aromatic N) is 6. The van der Waals surface area contributed by atoms with Crippen molar-refractivity contribution in [2.75, 3.05) is 18.9 Å². The number of amides is 1. The molecule has 0 aliphatic carbocycles. The zero-order valence-corrected chi connectivity index (χ0v) is 18.5. The maximum absolute atomic E-state index is 13.4. The first-order chi connectivity index (χ1) is 15.7. The van der Waals surface area contributed by atoms with Gasteiger partial charge in [-0.3, -0.25) is 4.79 Å². The highest BCUT2D eigenvalue weighted by Crippen LogP contribution is 2.28. The summed E-state index contributed by atoms with van der Waals surface area (Å²) in [6.07, 6.45) is 1.56. The van der Waals surface area contributed by atoms with Crippen LogP contribution in [0.1, 0.15) is 41.5 Å². The van der Waals surface area contributed by atoms with Crippen molar-refractivity contribution in [3.05, 3.63) is 59.9 Å². The van der Waals surface area contributed by atoms with E-state index in [9.17, 15) is 18.0 Å². The summed E-state index contributed by atoms with van der Waals surface area (Å²) in [5.74, 6) is 0.136. The van der Waals surface area contributed by atoms with Gasteiger partial charge in [-0.25, -0.2) is 24.9 Å². The fourth-order valence-corrected chi connectivity index (χ4v) is 3.21. The number of hydrogen-bond acceptors (Lipinski definition) is 7. The molecule has 3 aromatic heterocycles. The van der Waals surface area contributed by atoms with Crippen molar-refractivity contribution < 1.29 is 18.0 Å². The van der Waals surface area contributed by atoms with Crippen molar-refractivity contribution in [3.63, 3.8) is 0 Å². The van der Waals surface area contributed by atoms with Gasteiger partial charge in [0.15, 0.2) is 5.82 Å². The Morgan fingerprint density at radius 2 is 1.79 bits per heavy atom. The monoisotopic (exact) mass is 459 g/mol. The molecule has 0 bridgehead atoms. The zero-order chi connectivity index (χ0) is 24.0. The predicted molar refractivity (Wildman–Crippen MR) is 116 cm³/mol. The van der Waals surface area contributed by atoms with Crippen LogP contribution in [0.5, 0.6) is 0 Å². The first-order valence-corrected chi connectivity index (χ1v) is 10.4. The van der Waals surface area contributed by atoms with E-state index in [1.54, 1.807) is 49.5 Å². The number of rotatable bonds is 8. The Balaban J connectivity index is 1.79. The molecule has 33 heavy (non-hydrogen) atoms. The molecule has 0 saturated heterocycles. The van der Waals surface area contributed by atoms with Crippen molar-refractivity contribution in [3.8, 4) is 11.4 Å². The van der Waals surface area contributed by atoms with E-state index in [1.165, 1.54) is 0 Å². The van der Waals surface area contributed by atoms with E-state index in [-0.39, 0.29) is 30.1 Å². The maximum atomic E-state index is 13.4. The molecule has 0 radical (unpaired) electrons. The molecule has 1 atom stereocenters. The summed E-state index contributed by atoms with van der Waals surface area (Å²) in [5, 5.41) is 2.92. The van der Waals surface area contributed by atoms with E-state index in [0.29, 0.717) is 23.5 Å². The molecular weight excluding hydrogens is 435 g/mol. The molecule has 1 N–H and O–H groups in total. The second-order valence-corrected chi connectivity index (χ2v) is 7.45. The zero-order valence-electron chi connectivity index (χ0n) is 18.5. The van der Waals surface area contributed by atoms with E-state index in [2.05, 4.69) is 30.2 Å². The Kier molecular flexibility index (Phi) is 7.52. The molecule has 8 nitrogen and oxygen atoms in total. The summed E-state index contributed by atoms with van der Waals surface area (Å²) in [6.45, 7) is 4.03. The number of alkyl halides is 3. The van der Waals surface area contributed by atoms with Crippen molar-refractivity contribution in [2.24, 2.45) is 0 Å². The molecule has 0 aromatic carbocycles. The van der Waals surface area contributed by atoms with Crippen LogP contribution in [-0.4, -0.2) is 55.4 Å². The number of halogens is 3. The number of aromatic nitrogens is 5. The molecule has 11 heteroatoms. The lowest BCUT2D eigenvalue weighted by molar-refractivity contribution is -0.138. The highest BCUT2D eigenvalue weighted by Gasteiger charge is 2.31. The Morgan fingerprint density at radius 1 is 1.12 bits per heavy atom. The number of carbonyl (C=O) groups excluding carboxylic acids is 1. The fraction of sp³-hybridized carbons (Fsp3) is 0.364. The summed E-state index contributed by atoms with van der Waals surface area (Å²) in [4.78, 5) is 35.3. The van der Waals surface area contributed by atoms with Gasteiger partial charge in [0.1, 0.15) is 5.69 Å². The lowest BCUT2D eigenvalue weighted by Gasteiger charge is -2.28. The van der Waals surface area contributed by atoms with Gasteiger partial charge < -0.3 is 10.2 Å². The summed E-state index contributed by atoms with van der Waals surface area (Å²) in [7, 11) is 1.66. The van der Waals surface area contributed by atoms with Gasteiger partial charge >= 0.3 is 6.18 Å². The largest absolute Gasteiger partial charge is 0.419 e. The smallest absolute Gasteiger partial charge is 0.352 e. The van der Waals surface area contributed by atoms with Crippen LogP contribution in [0, 0.1) is 6.92 Å². The maximum Gasteiger partial charge on any atom is 0.419 e. The average molecular weight is 459 g/mol. The molecular formula is C22H24F3N7O. The van der Waals surface area contributed by atoms with Crippen LogP contribution in [-0.2, 0) is 6.18 Å². The van der Waals surface area contributed by atoms with Crippen molar-refractivity contribution in [1.29, 1.82) is 0 Å². The summed E-state index contributed by atoms with van der Waals surface area (Å²) in [5.41, 5.74) is 0.504. The van der Waals surface area contributed by atoms with Crippen LogP contribution in [0.3, 0.4) is 0 Å². The van der Waals surface area contributed by atoms with Crippen LogP contribution in [0.2, 0.25) is 0 Å². The SMILES string of the molecule is CCC[C@@H](CNc1ncc(C(F)(F)F)cn1)N(C)C(=O)c1nc(C)ccc1-c1ncccn1. The van der Waals surface area contributed by atoms with Crippen LogP contribution >= 0.6 is 0 Å². The minimum atomic E-state index is -4.50. The lowest BCUT2D eigenvalue weighted by atomic mass is 10.1. The van der Waals surface area contributed by atoms with Crippen LogP contribution in [0.4, 0.5) is 19.1 Å². The second-order valence-electron chi connectivity index (χ2n) is 7.45. The molecule has 0 aliphatic rings. The van der Waals surface area contributed by atoms with Crippen LogP contribution < -0.4 is 5.32 Å². The number of pyridine rings is 1. The molecule has 3 heterocycles. The van der Waals surface area contributed by atoms with Crippen molar-refractivity contribution in [2.45, 2.75) is 38.9 Å². The molecule has 0 aliphatic heterocycles. The Hall–Kier alpha value is -3.63. The molecule has 0 fully saturated rings. The minimum absolute atomic E-state index is 0.0528. The number of likely N-dealkylation sites (N-methyl/N-ethyl adjacent to an activating group) is 1. The van der Waals surface area contributed by atoms with Gasteiger partial charge in [0.25, 0.3) is 5.91 Å². The quantitative estimate of drug-likeness (QED) is 0.544. The van der Waals surface area contributed by atoms with Crippen molar-refractivity contribution >= 4 is 11.9 Å². The number of carbonyl (C=O) groups is 1. The van der Waals surface area contributed by atoms with Gasteiger partial charge in [-0.05, 0) is 31.5 Å². The van der Waals surface area contributed by atoms with Crippen LogP contribution in [0.15, 0.2) is 43.0 Å². The third kappa shape index (κ3) is 5.99. The Morgan fingerprint density at radius 3 is 2.39 bits per heavy atom. The highest BCUT2D eigenvalue weighted by atomic mass is 19.4. The van der Waals surface area contributed by atoms with Crippen molar-refractivity contribution in [1.82, 2.24) is 29.8 Å². The van der Waals surface area contributed by atoms with Gasteiger partial charge in [-0.2, -0.15) is 13.2 Å². The topological polar surface area (TPSA) is 96.8 Å². The highest BCUT2D eigenvalue weighted by molar-refractivity contribution is 5.98. The predicted octanol–water partition coefficient (Wildman–Crippen LogP) is 4.01. The fourth-order valence-electron chi connectivity index (χ4n) is 3.21. The second kappa shape index (κ2) is 10.3. The molecule has 0 saturated carbocycles. The van der Waals surface area contributed by atoms with E-state index in [1.807, 2.05) is 6.92 Å². The molecule has 174 valence electrons. The molecule has 1 amide bonds. The van der Waals surface area contributed by atoms with E-state index < -0.39 is 11.7 Å². The Labute approximate surface area is 189 Å². The molecule has 0 unspecified atom stereocenters. The van der Waals surface area contributed by atoms with E-state index >= 15 is 0 Å². The number of nitrogens with one attached hydrogen (secondary N) is 1. The van der Waals surface area contributed by atoms with E-state index in [4.69, 9.17) is 0 Å². The number of hydrogen-bond donors (Lipinski definition) is 1. The summed E-state index contributed by atoms with van der Waals surface area (Å²) < 4.78 is 38.1. The Bertz CT molecular complexity index is 1080. The van der Waals surface area contributed by atoms with Gasteiger partial charge in [0.05, 0.1) is 11.1 Å². The van der Waals surface area contributed by atoms with E-state index in [0.717, 1.165) is 18.8 Å². The lowest BCUT2D eigenvalue weighted by Crippen LogP contribution is -2.42. The first kappa shape index (κ1) is 24.0. The number of aryl methyl sites for hydroxylation is 1. The minimum Gasteiger partial charge on any atom is -0.352 e. The first-order valence-electron chi connectivity index (χ1n) is 10.4. The van der Waals surface area contributed by atoms with Crippen LogP contribution in [0.25, 0.3) is 11.4 Å². The molecule has 3 aromatic rings. The third-order valence-corrected chi connectivity index (χ3v) is 5.01. The average Bonchev–Trinajstić information content (AvgIpc) is 2.81.